The molecule has 0 aliphatic carbocycles. The van der Waals surface area contributed by atoms with Crippen LogP contribution in [0.2, 0.25) is 0 Å². The van der Waals surface area contributed by atoms with Gasteiger partial charge >= 0.3 is 0 Å². The summed E-state index contributed by atoms with van der Waals surface area (Å²) in [6.07, 6.45) is 0.356. The predicted molar refractivity (Wildman–Crippen MR) is 86.4 cm³/mol. The SMILES string of the molecule is COc1cccc(OC)c1-c1ccc(COC2CNC2)cc1. The second-order valence-electron chi connectivity index (χ2n) is 5.33. The standard InChI is InChI=1S/C18H21NO3/c1-20-16-4-3-5-17(21-2)18(16)14-8-6-13(7-9-14)12-22-15-10-19-11-15/h3-9,15,19H,10-12H2,1-2H3. The van der Waals surface area contributed by atoms with Gasteiger partial charge in [0, 0.05) is 13.1 Å². The highest BCUT2D eigenvalue weighted by Gasteiger charge is 2.17. The van der Waals surface area contributed by atoms with Gasteiger partial charge < -0.3 is 19.5 Å². The van der Waals surface area contributed by atoms with Crippen molar-refractivity contribution in [2.45, 2.75) is 12.7 Å². The van der Waals surface area contributed by atoms with Crippen LogP contribution in [0.15, 0.2) is 42.5 Å². The molecule has 1 fully saturated rings. The fraction of sp³-hybridized carbons (Fsp3) is 0.333. The zero-order valence-corrected chi connectivity index (χ0v) is 13.0. The maximum absolute atomic E-state index is 5.79. The van der Waals surface area contributed by atoms with Gasteiger partial charge in [-0.1, -0.05) is 30.3 Å². The number of hydrogen-bond acceptors (Lipinski definition) is 4. The number of hydrogen-bond donors (Lipinski definition) is 1. The lowest BCUT2D eigenvalue weighted by Gasteiger charge is -2.27. The van der Waals surface area contributed by atoms with Crippen LogP contribution in [-0.4, -0.2) is 33.4 Å². The minimum atomic E-state index is 0.356. The van der Waals surface area contributed by atoms with Crippen LogP contribution in [0.3, 0.4) is 0 Å². The molecule has 2 aromatic carbocycles. The summed E-state index contributed by atoms with van der Waals surface area (Å²) in [6.45, 7) is 2.56. The van der Waals surface area contributed by atoms with Crippen molar-refractivity contribution in [3.05, 3.63) is 48.0 Å². The molecule has 0 unspecified atom stereocenters. The molecule has 1 saturated heterocycles. The van der Waals surface area contributed by atoms with Crippen LogP contribution < -0.4 is 14.8 Å². The number of methoxy groups -OCH3 is 2. The number of benzene rings is 2. The lowest BCUT2D eigenvalue weighted by atomic mass is 10.0. The van der Waals surface area contributed by atoms with Crippen LogP contribution in [0.1, 0.15) is 5.56 Å². The van der Waals surface area contributed by atoms with Gasteiger partial charge in [-0.25, -0.2) is 0 Å². The van der Waals surface area contributed by atoms with E-state index >= 15 is 0 Å². The highest BCUT2D eigenvalue weighted by atomic mass is 16.5. The zero-order chi connectivity index (χ0) is 15.4. The summed E-state index contributed by atoms with van der Waals surface area (Å²) >= 11 is 0. The van der Waals surface area contributed by atoms with Gasteiger partial charge in [-0.05, 0) is 23.3 Å². The van der Waals surface area contributed by atoms with E-state index < -0.39 is 0 Å². The van der Waals surface area contributed by atoms with E-state index in [1.54, 1.807) is 14.2 Å². The van der Waals surface area contributed by atoms with E-state index in [9.17, 15) is 0 Å². The van der Waals surface area contributed by atoms with Crippen LogP contribution in [0.25, 0.3) is 11.1 Å². The molecule has 0 amide bonds. The summed E-state index contributed by atoms with van der Waals surface area (Å²) in [4.78, 5) is 0. The first-order valence-corrected chi connectivity index (χ1v) is 7.44. The van der Waals surface area contributed by atoms with Crippen molar-refractivity contribution in [1.82, 2.24) is 5.32 Å². The molecule has 0 spiro atoms. The third kappa shape index (κ3) is 3.08. The Hall–Kier alpha value is -2.04. The fourth-order valence-electron chi connectivity index (χ4n) is 2.50. The van der Waals surface area contributed by atoms with Crippen molar-refractivity contribution in [3.8, 4) is 22.6 Å². The van der Waals surface area contributed by atoms with Crippen LogP contribution in [-0.2, 0) is 11.3 Å². The van der Waals surface area contributed by atoms with Gasteiger partial charge in [-0.3, -0.25) is 0 Å². The van der Waals surface area contributed by atoms with E-state index in [-0.39, 0.29) is 0 Å². The summed E-state index contributed by atoms with van der Waals surface area (Å²) in [7, 11) is 3.35. The number of rotatable bonds is 6. The predicted octanol–water partition coefficient (Wildman–Crippen LogP) is 2.86. The van der Waals surface area contributed by atoms with Gasteiger partial charge in [0.2, 0.25) is 0 Å². The summed E-state index contributed by atoms with van der Waals surface area (Å²) in [5, 5.41) is 3.20. The first-order valence-electron chi connectivity index (χ1n) is 7.44. The molecular weight excluding hydrogens is 278 g/mol. The third-order valence-electron chi connectivity index (χ3n) is 3.90. The molecule has 1 aliphatic rings. The van der Waals surface area contributed by atoms with E-state index in [2.05, 4.69) is 29.6 Å². The van der Waals surface area contributed by atoms with Gasteiger partial charge in [-0.2, -0.15) is 0 Å². The van der Waals surface area contributed by atoms with E-state index in [1.165, 1.54) is 5.56 Å². The Morgan fingerprint density at radius 2 is 1.59 bits per heavy atom. The summed E-state index contributed by atoms with van der Waals surface area (Å²) < 4.78 is 16.7. The Kier molecular flexibility index (Phi) is 4.61. The molecule has 0 aromatic heterocycles. The van der Waals surface area contributed by atoms with Crippen molar-refractivity contribution in [2.24, 2.45) is 0 Å². The first-order chi connectivity index (χ1) is 10.8. The van der Waals surface area contributed by atoms with E-state index in [0.29, 0.717) is 12.7 Å². The number of ether oxygens (including phenoxy) is 3. The largest absolute Gasteiger partial charge is 0.496 e. The quantitative estimate of drug-likeness (QED) is 0.890. The molecule has 0 saturated carbocycles. The van der Waals surface area contributed by atoms with Crippen LogP contribution in [0.5, 0.6) is 11.5 Å². The molecule has 1 N–H and O–H groups in total. The third-order valence-corrected chi connectivity index (χ3v) is 3.90. The van der Waals surface area contributed by atoms with Crippen molar-refractivity contribution >= 4 is 0 Å². The highest BCUT2D eigenvalue weighted by molar-refractivity contribution is 5.77. The van der Waals surface area contributed by atoms with Gasteiger partial charge in [0.05, 0.1) is 32.5 Å². The minimum Gasteiger partial charge on any atom is -0.496 e. The first kappa shape index (κ1) is 14.9. The molecule has 4 nitrogen and oxygen atoms in total. The Morgan fingerprint density at radius 3 is 2.09 bits per heavy atom. The Balaban J connectivity index is 1.80. The van der Waals surface area contributed by atoms with Crippen molar-refractivity contribution in [3.63, 3.8) is 0 Å². The molecule has 2 aromatic rings. The van der Waals surface area contributed by atoms with Crippen LogP contribution in [0, 0.1) is 0 Å². The molecular formula is C18H21NO3. The summed E-state index contributed by atoms with van der Waals surface area (Å²) in [6, 6.07) is 14.2. The van der Waals surface area contributed by atoms with Crippen molar-refractivity contribution in [1.29, 1.82) is 0 Å². The summed E-state index contributed by atoms with van der Waals surface area (Å²) in [5.74, 6) is 1.62. The Morgan fingerprint density at radius 1 is 0.955 bits per heavy atom. The highest BCUT2D eigenvalue weighted by Crippen LogP contribution is 2.38. The van der Waals surface area contributed by atoms with Crippen LogP contribution in [0.4, 0.5) is 0 Å². The number of nitrogens with one attached hydrogen (secondary N) is 1. The monoisotopic (exact) mass is 299 g/mol. The molecule has 3 rings (SSSR count). The smallest absolute Gasteiger partial charge is 0.130 e. The zero-order valence-electron chi connectivity index (χ0n) is 13.0. The normalized spacial score (nSPS) is 14.5. The second-order valence-corrected chi connectivity index (χ2v) is 5.33. The van der Waals surface area contributed by atoms with Gasteiger partial charge in [-0.15, -0.1) is 0 Å². The van der Waals surface area contributed by atoms with E-state index in [4.69, 9.17) is 14.2 Å². The lowest BCUT2D eigenvalue weighted by molar-refractivity contribution is 0.00759. The maximum atomic E-state index is 5.79. The molecule has 0 bridgehead atoms. The molecule has 4 heteroatoms. The van der Waals surface area contributed by atoms with E-state index in [1.807, 2.05) is 18.2 Å². The molecule has 116 valence electrons. The lowest BCUT2D eigenvalue weighted by Crippen LogP contribution is -2.48. The molecule has 1 aliphatic heterocycles. The average Bonchev–Trinajstić information content (AvgIpc) is 2.53. The second kappa shape index (κ2) is 6.81. The topological polar surface area (TPSA) is 39.7 Å². The average molecular weight is 299 g/mol. The van der Waals surface area contributed by atoms with Gasteiger partial charge in [0.25, 0.3) is 0 Å². The fourth-order valence-corrected chi connectivity index (χ4v) is 2.50. The van der Waals surface area contributed by atoms with Crippen LogP contribution >= 0.6 is 0 Å². The molecule has 0 radical (unpaired) electrons. The molecule has 1 heterocycles. The Labute approximate surface area is 131 Å². The molecule has 0 atom stereocenters. The molecule has 22 heavy (non-hydrogen) atoms. The van der Waals surface area contributed by atoms with Crippen molar-refractivity contribution < 1.29 is 14.2 Å². The van der Waals surface area contributed by atoms with E-state index in [0.717, 1.165) is 35.7 Å². The van der Waals surface area contributed by atoms with Gasteiger partial charge in [0.15, 0.2) is 0 Å². The Bertz CT molecular complexity index is 598. The maximum Gasteiger partial charge on any atom is 0.130 e. The van der Waals surface area contributed by atoms with Gasteiger partial charge in [0.1, 0.15) is 11.5 Å². The van der Waals surface area contributed by atoms with Crippen molar-refractivity contribution in [2.75, 3.05) is 27.3 Å². The summed E-state index contributed by atoms with van der Waals surface area (Å²) in [5.41, 5.74) is 3.22. The minimum absolute atomic E-state index is 0.356.